The van der Waals surface area contributed by atoms with Gasteiger partial charge >= 0.3 is 0 Å². The first-order valence-corrected chi connectivity index (χ1v) is 10.1. The van der Waals surface area contributed by atoms with E-state index in [1.54, 1.807) is 16.5 Å². The third-order valence-corrected chi connectivity index (χ3v) is 5.78. The second kappa shape index (κ2) is 7.85. The standard InChI is InChI=1S/C21H23ClFN5O2/c1-11(8-24-4)30-18-7-14(23)5-6-15(18)21(29)27-9-16-17(10-27)26-28-13(3)19(22)12(2)25-20(16)28/h5-7,11,24H,8-10H2,1-4H3/t11-/m1/s1. The third kappa shape index (κ3) is 3.50. The molecule has 1 amide bonds. The highest BCUT2D eigenvalue weighted by molar-refractivity contribution is 6.31. The van der Waals surface area contributed by atoms with Gasteiger partial charge in [0.2, 0.25) is 0 Å². The topological polar surface area (TPSA) is 71.8 Å². The zero-order chi connectivity index (χ0) is 21.6. The number of aryl methyl sites for hydroxylation is 2. The number of carbonyl (C=O) groups is 1. The van der Waals surface area contributed by atoms with Gasteiger partial charge in [-0.15, -0.1) is 0 Å². The van der Waals surface area contributed by atoms with Crippen molar-refractivity contribution < 1.29 is 13.9 Å². The van der Waals surface area contributed by atoms with Gasteiger partial charge in [0.15, 0.2) is 5.65 Å². The minimum absolute atomic E-state index is 0.219. The molecule has 0 fully saturated rings. The van der Waals surface area contributed by atoms with Crippen LogP contribution in [-0.2, 0) is 13.1 Å². The maximum atomic E-state index is 13.8. The Hall–Kier alpha value is -2.71. The van der Waals surface area contributed by atoms with Crippen molar-refractivity contribution in [2.24, 2.45) is 0 Å². The summed E-state index contributed by atoms with van der Waals surface area (Å²) in [4.78, 5) is 19.5. The van der Waals surface area contributed by atoms with Crippen molar-refractivity contribution in [2.75, 3.05) is 13.6 Å². The number of halogens is 2. The Bertz CT molecular complexity index is 1150. The van der Waals surface area contributed by atoms with Crippen LogP contribution in [0.2, 0.25) is 5.02 Å². The quantitative estimate of drug-likeness (QED) is 0.671. The average Bonchev–Trinajstić information content (AvgIpc) is 3.25. The van der Waals surface area contributed by atoms with Crippen molar-refractivity contribution in [3.05, 3.63) is 57.2 Å². The molecule has 0 unspecified atom stereocenters. The summed E-state index contributed by atoms with van der Waals surface area (Å²) >= 11 is 6.30. The molecule has 3 aromatic rings. The van der Waals surface area contributed by atoms with Crippen LogP contribution in [0.4, 0.5) is 4.39 Å². The summed E-state index contributed by atoms with van der Waals surface area (Å²) in [6.45, 7) is 6.88. The number of fused-ring (bicyclic) bond motifs is 3. The van der Waals surface area contributed by atoms with Gasteiger partial charge in [-0.2, -0.15) is 5.10 Å². The number of nitrogens with one attached hydrogen (secondary N) is 1. The van der Waals surface area contributed by atoms with Crippen molar-refractivity contribution in [3.63, 3.8) is 0 Å². The number of carbonyl (C=O) groups excluding carboxylic acids is 1. The molecule has 0 radical (unpaired) electrons. The number of ether oxygens (including phenoxy) is 1. The van der Waals surface area contributed by atoms with Crippen LogP contribution >= 0.6 is 11.6 Å². The highest BCUT2D eigenvalue weighted by Crippen LogP contribution is 2.31. The minimum atomic E-state index is -0.451. The van der Waals surface area contributed by atoms with Crippen LogP contribution in [0.5, 0.6) is 5.75 Å². The normalized spacial score (nSPS) is 14.3. The van der Waals surface area contributed by atoms with E-state index in [4.69, 9.17) is 16.3 Å². The lowest BCUT2D eigenvalue weighted by atomic mass is 10.1. The van der Waals surface area contributed by atoms with Crippen molar-refractivity contribution >= 4 is 23.2 Å². The van der Waals surface area contributed by atoms with Crippen LogP contribution in [-0.4, -0.2) is 45.1 Å². The number of likely N-dealkylation sites (N-methyl/N-ethyl adjacent to an activating group) is 1. The summed E-state index contributed by atoms with van der Waals surface area (Å²) in [5, 5.41) is 8.19. The molecule has 1 N–H and O–H groups in total. The third-order valence-electron chi connectivity index (χ3n) is 5.24. The lowest BCUT2D eigenvalue weighted by Gasteiger charge is -2.20. The predicted octanol–water partition coefficient (Wildman–Crippen LogP) is 3.28. The SMILES string of the molecule is CNC[C@@H](C)Oc1cc(F)ccc1C(=O)N1Cc2nn3c(C)c(Cl)c(C)nc3c2C1. The van der Waals surface area contributed by atoms with E-state index in [1.165, 1.54) is 18.2 Å². The number of hydrogen-bond donors (Lipinski definition) is 1. The second-order valence-corrected chi connectivity index (χ2v) is 7.92. The van der Waals surface area contributed by atoms with Gasteiger partial charge in [-0.25, -0.2) is 13.9 Å². The van der Waals surface area contributed by atoms with Crippen molar-refractivity contribution in [1.82, 2.24) is 24.8 Å². The molecular weight excluding hydrogens is 409 g/mol. The lowest BCUT2D eigenvalue weighted by molar-refractivity contribution is 0.0742. The highest BCUT2D eigenvalue weighted by atomic mass is 35.5. The van der Waals surface area contributed by atoms with Crippen molar-refractivity contribution in [3.8, 4) is 5.75 Å². The van der Waals surface area contributed by atoms with E-state index in [9.17, 15) is 9.18 Å². The summed E-state index contributed by atoms with van der Waals surface area (Å²) in [5.41, 5.74) is 4.26. The van der Waals surface area contributed by atoms with Crippen LogP contribution in [0.15, 0.2) is 18.2 Å². The smallest absolute Gasteiger partial charge is 0.258 e. The first-order valence-electron chi connectivity index (χ1n) is 9.73. The van der Waals surface area contributed by atoms with Crippen LogP contribution in [0.3, 0.4) is 0 Å². The maximum Gasteiger partial charge on any atom is 0.258 e. The Balaban J connectivity index is 1.63. The summed E-state index contributed by atoms with van der Waals surface area (Å²) in [5.74, 6) is -0.453. The fourth-order valence-corrected chi connectivity index (χ4v) is 3.87. The van der Waals surface area contributed by atoms with Gasteiger partial charge in [-0.1, -0.05) is 11.6 Å². The Morgan fingerprint density at radius 1 is 1.37 bits per heavy atom. The largest absolute Gasteiger partial charge is 0.488 e. The van der Waals surface area contributed by atoms with Gasteiger partial charge in [-0.05, 0) is 40.0 Å². The Labute approximate surface area is 178 Å². The van der Waals surface area contributed by atoms with Crippen molar-refractivity contribution in [1.29, 1.82) is 0 Å². The first kappa shape index (κ1) is 20.6. The van der Waals surface area contributed by atoms with E-state index in [-0.39, 0.29) is 17.8 Å². The molecule has 9 heteroatoms. The highest BCUT2D eigenvalue weighted by Gasteiger charge is 2.31. The van der Waals surface area contributed by atoms with E-state index in [1.807, 2.05) is 20.8 Å². The zero-order valence-corrected chi connectivity index (χ0v) is 18.0. The molecule has 1 aromatic carbocycles. The van der Waals surface area contributed by atoms with Crippen LogP contribution in [0.25, 0.3) is 5.65 Å². The molecule has 0 spiro atoms. The summed E-state index contributed by atoms with van der Waals surface area (Å²) in [6, 6.07) is 3.99. The number of aromatic nitrogens is 3. The molecule has 0 aliphatic carbocycles. The summed E-state index contributed by atoms with van der Waals surface area (Å²) in [6.07, 6.45) is -0.219. The fraction of sp³-hybridized carbons (Fsp3) is 0.381. The van der Waals surface area contributed by atoms with Crippen molar-refractivity contribution in [2.45, 2.75) is 40.0 Å². The minimum Gasteiger partial charge on any atom is -0.488 e. The summed E-state index contributed by atoms with van der Waals surface area (Å²) in [7, 11) is 1.80. The van der Waals surface area contributed by atoms with E-state index < -0.39 is 5.82 Å². The molecular formula is C21H23ClFN5O2. The van der Waals surface area contributed by atoms with Gasteiger partial charge < -0.3 is 15.0 Å². The molecule has 7 nitrogen and oxygen atoms in total. The van der Waals surface area contributed by atoms with E-state index in [2.05, 4.69) is 15.4 Å². The van der Waals surface area contributed by atoms with E-state index in [0.29, 0.717) is 35.9 Å². The second-order valence-electron chi connectivity index (χ2n) is 7.55. The maximum absolute atomic E-state index is 13.8. The molecule has 2 aromatic heterocycles. The molecule has 1 aliphatic heterocycles. The predicted molar refractivity (Wildman–Crippen MR) is 111 cm³/mol. The Morgan fingerprint density at radius 2 is 2.13 bits per heavy atom. The molecule has 158 valence electrons. The average molecular weight is 432 g/mol. The molecule has 0 bridgehead atoms. The number of nitrogens with zero attached hydrogens (tertiary/aromatic N) is 4. The van der Waals surface area contributed by atoms with Crippen LogP contribution in [0.1, 0.15) is 39.9 Å². The molecule has 1 atom stereocenters. The molecule has 3 heterocycles. The Morgan fingerprint density at radius 3 is 2.87 bits per heavy atom. The van der Waals surface area contributed by atoms with Gasteiger partial charge in [-0.3, -0.25) is 4.79 Å². The van der Waals surface area contributed by atoms with E-state index >= 15 is 0 Å². The van der Waals surface area contributed by atoms with Gasteiger partial charge in [0.25, 0.3) is 5.91 Å². The molecule has 0 saturated carbocycles. The fourth-order valence-electron chi connectivity index (χ4n) is 3.74. The van der Waals surface area contributed by atoms with Crippen LogP contribution < -0.4 is 10.1 Å². The summed E-state index contributed by atoms with van der Waals surface area (Å²) < 4.78 is 21.4. The number of rotatable bonds is 5. The van der Waals surface area contributed by atoms with Gasteiger partial charge in [0, 0.05) is 18.2 Å². The Kier molecular flexibility index (Phi) is 5.38. The van der Waals surface area contributed by atoms with Gasteiger partial charge in [0.1, 0.15) is 17.7 Å². The number of benzene rings is 1. The molecule has 30 heavy (non-hydrogen) atoms. The monoisotopic (exact) mass is 431 g/mol. The first-order chi connectivity index (χ1) is 14.3. The lowest BCUT2D eigenvalue weighted by Crippen LogP contribution is -2.29. The molecule has 0 saturated heterocycles. The number of hydrogen-bond acceptors (Lipinski definition) is 5. The van der Waals surface area contributed by atoms with Crippen LogP contribution in [0, 0.1) is 19.7 Å². The zero-order valence-electron chi connectivity index (χ0n) is 17.3. The number of amides is 1. The molecule has 1 aliphatic rings. The van der Waals surface area contributed by atoms with Gasteiger partial charge in [0.05, 0.1) is 40.8 Å². The molecule has 4 rings (SSSR count). The van der Waals surface area contributed by atoms with E-state index in [0.717, 1.165) is 22.6 Å².